The summed E-state index contributed by atoms with van der Waals surface area (Å²) in [7, 11) is 0. The number of ether oxygens (including phenoxy) is 4. The molecule has 0 aromatic heterocycles. The maximum absolute atomic E-state index is 12.1. The van der Waals surface area contributed by atoms with Gasteiger partial charge in [-0.05, 0) is 77.0 Å². The molecule has 0 bridgehead atoms. The maximum atomic E-state index is 12.1. The fourth-order valence-electron chi connectivity index (χ4n) is 7.00. The monoisotopic (exact) mass is 781 g/mol. The Balaban J connectivity index is 3.85. The van der Waals surface area contributed by atoms with Crippen molar-refractivity contribution >= 4 is 23.9 Å². The van der Waals surface area contributed by atoms with Crippen LogP contribution in [0.5, 0.6) is 0 Å². The van der Waals surface area contributed by atoms with Gasteiger partial charge in [-0.2, -0.15) is 0 Å². The van der Waals surface area contributed by atoms with Crippen molar-refractivity contribution < 1.29 is 38.1 Å². The Morgan fingerprint density at radius 1 is 0.309 bits per heavy atom. The number of carbonyl (C=O) groups excluding carboxylic acids is 4. The van der Waals surface area contributed by atoms with Crippen LogP contribution in [0.2, 0.25) is 0 Å². The summed E-state index contributed by atoms with van der Waals surface area (Å²) >= 11 is 0. The van der Waals surface area contributed by atoms with Gasteiger partial charge >= 0.3 is 23.9 Å². The zero-order chi connectivity index (χ0) is 40.5. The van der Waals surface area contributed by atoms with E-state index in [9.17, 15) is 19.2 Å². The van der Waals surface area contributed by atoms with Gasteiger partial charge in [0, 0.05) is 32.1 Å². The lowest BCUT2D eigenvalue weighted by Gasteiger charge is -2.18. The molecule has 8 nitrogen and oxygen atoms in total. The highest BCUT2D eigenvalue weighted by atomic mass is 16.6. The molecule has 0 aliphatic heterocycles. The average molecular weight is 781 g/mol. The van der Waals surface area contributed by atoms with Crippen molar-refractivity contribution in [2.24, 2.45) is 0 Å². The molecule has 0 aliphatic carbocycles. The highest BCUT2D eigenvalue weighted by Gasteiger charge is 2.15. The average Bonchev–Trinajstić information content (AvgIpc) is 3.16. The van der Waals surface area contributed by atoms with Crippen molar-refractivity contribution in [3.8, 4) is 0 Å². The highest BCUT2D eigenvalue weighted by molar-refractivity contribution is 5.70. The minimum atomic E-state index is -0.185. The molecule has 8 heteroatoms. The molecule has 0 amide bonds. The second kappa shape index (κ2) is 41.5. The molecule has 0 saturated carbocycles. The van der Waals surface area contributed by atoms with Crippen molar-refractivity contribution in [2.75, 3.05) is 13.2 Å². The SMILES string of the molecule is CCCCCCCCCC(CCCCCCCC(=O)OCCCOC(=O)CCCCCCCCC(CCCCCCCC)OC(=O)CCC)OC(=O)CCC. The molecule has 0 aliphatic rings. The van der Waals surface area contributed by atoms with Crippen LogP contribution < -0.4 is 0 Å². The summed E-state index contributed by atoms with van der Waals surface area (Å²) in [5, 5.41) is 0. The number of hydrogen-bond acceptors (Lipinski definition) is 8. The van der Waals surface area contributed by atoms with E-state index in [0.717, 1.165) is 122 Å². The summed E-state index contributed by atoms with van der Waals surface area (Å²) in [4.78, 5) is 48.4. The van der Waals surface area contributed by atoms with E-state index in [-0.39, 0.29) is 49.3 Å². The number of rotatable bonds is 42. The first-order valence-electron chi connectivity index (χ1n) is 23.6. The molecule has 0 aromatic carbocycles. The van der Waals surface area contributed by atoms with Gasteiger partial charge in [0.25, 0.3) is 0 Å². The number of carbonyl (C=O) groups is 4. The zero-order valence-electron chi connectivity index (χ0n) is 36.6. The Hall–Kier alpha value is -2.12. The van der Waals surface area contributed by atoms with Crippen molar-refractivity contribution in [1.82, 2.24) is 0 Å². The smallest absolute Gasteiger partial charge is 0.306 e. The van der Waals surface area contributed by atoms with E-state index in [4.69, 9.17) is 18.9 Å². The third-order valence-electron chi connectivity index (χ3n) is 10.4. The lowest BCUT2D eigenvalue weighted by Crippen LogP contribution is -2.18. The molecule has 0 aromatic rings. The van der Waals surface area contributed by atoms with Crippen LogP contribution in [0.25, 0.3) is 0 Å². The molecule has 55 heavy (non-hydrogen) atoms. The van der Waals surface area contributed by atoms with Gasteiger partial charge in [-0.25, -0.2) is 0 Å². The van der Waals surface area contributed by atoms with Crippen molar-refractivity contribution in [1.29, 1.82) is 0 Å². The van der Waals surface area contributed by atoms with E-state index < -0.39 is 0 Å². The van der Waals surface area contributed by atoms with E-state index in [1.165, 1.54) is 70.6 Å². The Bertz CT molecular complexity index is 890. The normalized spacial score (nSPS) is 12.3. The van der Waals surface area contributed by atoms with Crippen LogP contribution in [0, 0.1) is 0 Å². The molecule has 0 spiro atoms. The van der Waals surface area contributed by atoms with Crippen LogP contribution in [0.3, 0.4) is 0 Å². The van der Waals surface area contributed by atoms with Crippen LogP contribution in [0.1, 0.15) is 252 Å². The maximum Gasteiger partial charge on any atom is 0.306 e. The van der Waals surface area contributed by atoms with Crippen molar-refractivity contribution in [3.05, 3.63) is 0 Å². The molecule has 2 atom stereocenters. The van der Waals surface area contributed by atoms with E-state index >= 15 is 0 Å². The van der Waals surface area contributed by atoms with Gasteiger partial charge in [0.15, 0.2) is 0 Å². The second-order valence-electron chi connectivity index (χ2n) is 16.0. The molecule has 0 N–H and O–H groups in total. The number of hydrogen-bond donors (Lipinski definition) is 0. The summed E-state index contributed by atoms with van der Waals surface area (Å²) in [5.74, 6) is -0.480. The van der Waals surface area contributed by atoms with Crippen LogP contribution in [0.4, 0.5) is 0 Å². The lowest BCUT2D eigenvalue weighted by molar-refractivity contribution is -0.150. The Morgan fingerprint density at radius 2 is 0.600 bits per heavy atom. The van der Waals surface area contributed by atoms with Crippen LogP contribution in [0.15, 0.2) is 0 Å². The van der Waals surface area contributed by atoms with Gasteiger partial charge in [0.2, 0.25) is 0 Å². The van der Waals surface area contributed by atoms with Crippen LogP contribution in [-0.2, 0) is 38.1 Å². The quantitative estimate of drug-likeness (QED) is 0.0342. The third kappa shape index (κ3) is 38.5. The molecule has 324 valence electrons. The van der Waals surface area contributed by atoms with E-state index in [0.29, 0.717) is 32.1 Å². The minimum Gasteiger partial charge on any atom is -0.466 e. The molecule has 0 fully saturated rings. The van der Waals surface area contributed by atoms with E-state index in [1.54, 1.807) is 0 Å². The summed E-state index contributed by atoms with van der Waals surface area (Å²) in [5.41, 5.74) is 0. The van der Waals surface area contributed by atoms with Gasteiger partial charge in [-0.1, -0.05) is 143 Å². The largest absolute Gasteiger partial charge is 0.466 e. The zero-order valence-corrected chi connectivity index (χ0v) is 36.6. The Labute approximate surface area is 339 Å². The van der Waals surface area contributed by atoms with Gasteiger partial charge in [-0.15, -0.1) is 0 Å². The highest BCUT2D eigenvalue weighted by Crippen LogP contribution is 2.20. The lowest BCUT2D eigenvalue weighted by atomic mass is 10.0. The van der Waals surface area contributed by atoms with Crippen molar-refractivity contribution in [3.63, 3.8) is 0 Å². The first-order valence-corrected chi connectivity index (χ1v) is 23.6. The second-order valence-corrected chi connectivity index (χ2v) is 16.0. The fourth-order valence-corrected chi connectivity index (χ4v) is 7.00. The molecule has 2 unspecified atom stereocenters. The summed E-state index contributed by atoms with van der Waals surface area (Å²) in [6, 6.07) is 0. The summed E-state index contributed by atoms with van der Waals surface area (Å²) in [6.07, 6.45) is 35.6. The topological polar surface area (TPSA) is 105 Å². The fraction of sp³-hybridized carbons (Fsp3) is 0.915. The van der Waals surface area contributed by atoms with E-state index in [1.807, 2.05) is 13.8 Å². The summed E-state index contributed by atoms with van der Waals surface area (Å²) < 4.78 is 22.3. The van der Waals surface area contributed by atoms with Crippen LogP contribution in [-0.4, -0.2) is 49.3 Å². The molecule has 0 rings (SSSR count). The summed E-state index contributed by atoms with van der Waals surface area (Å²) in [6.45, 7) is 9.06. The molecule has 0 radical (unpaired) electrons. The number of esters is 4. The molecule has 0 heterocycles. The van der Waals surface area contributed by atoms with Gasteiger partial charge in [0.05, 0.1) is 13.2 Å². The van der Waals surface area contributed by atoms with Crippen molar-refractivity contribution in [2.45, 2.75) is 265 Å². The van der Waals surface area contributed by atoms with E-state index in [2.05, 4.69) is 13.8 Å². The predicted octanol–water partition coefficient (Wildman–Crippen LogP) is 13.6. The standard InChI is InChI=1S/C47H88O8/c1-5-9-11-13-15-20-26-35-43(55-47(51)33-8-4)37-28-22-18-24-30-39-45(49)53-41-31-40-52-44(48)38-29-23-17-16-21-27-36-42(54-46(50)32-7-3)34-25-19-14-12-10-6-2/h42-43H,5-41H2,1-4H3. The first-order chi connectivity index (χ1) is 26.9. The van der Waals surface area contributed by atoms with Crippen LogP contribution >= 0.6 is 0 Å². The third-order valence-corrected chi connectivity index (χ3v) is 10.4. The Morgan fingerprint density at radius 3 is 0.909 bits per heavy atom. The Kier molecular flexibility index (Phi) is 39.9. The number of unbranched alkanes of at least 4 members (excludes halogenated alkanes) is 20. The van der Waals surface area contributed by atoms with Gasteiger partial charge in [0.1, 0.15) is 12.2 Å². The molecular formula is C47H88O8. The van der Waals surface area contributed by atoms with Gasteiger partial charge < -0.3 is 18.9 Å². The molecule has 0 saturated heterocycles. The minimum absolute atomic E-state index is 0.0409. The predicted molar refractivity (Wildman–Crippen MR) is 226 cm³/mol. The first kappa shape index (κ1) is 52.9. The van der Waals surface area contributed by atoms with Gasteiger partial charge in [-0.3, -0.25) is 19.2 Å². The molecular weight excluding hydrogens is 693 g/mol.